The molecule has 0 saturated carbocycles. The molecule has 0 heterocycles. The maximum Gasteiger partial charge on any atom is 0.343 e. The van der Waals surface area contributed by atoms with Gasteiger partial charge < -0.3 is 21.5 Å². The number of esters is 1. The molecule has 2 rings (SSSR count). The largest absolute Gasteiger partial charge is 0.423 e. The first kappa shape index (κ1) is 18.5. The van der Waals surface area contributed by atoms with Crippen LogP contribution in [-0.4, -0.2) is 11.9 Å². The van der Waals surface area contributed by atoms with Gasteiger partial charge in [-0.05, 0) is 48.6 Å². The molecule has 0 radical (unpaired) electrons. The number of nitrogens with one attached hydrogen (secondary N) is 1. The van der Waals surface area contributed by atoms with E-state index < -0.39 is 5.97 Å². The van der Waals surface area contributed by atoms with Crippen LogP contribution in [0.5, 0.6) is 5.75 Å². The quantitative estimate of drug-likeness (QED) is 0.244. The van der Waals surface area contributed by atoms with Gasteiger partial charge in [-0.2, -0.15) is 0 Å². The molecule has 5 N–H and O–H groups in total. The Morgan fingerprint density at radius 1 is 1.12 bits per heavy atom. The highest BCUT2D eigenvalue weighted by atomic mass is 16.5. The molecule has 0 aromatic heterocycles. The zero-order valence-corrected chi connectivity index (χ0v) is 14.0. The maximum atomic E-state index is 12.1. The third kappa shape index (κ3) is 5.68. The Balaban J connectivity index is 2.01. The Bertz CT molecular complexity index is 868. The number of carbonyl (C=O) groups excluding carboxylic acids is 2. The van der Waals surface area contributed by atoms with Crippen molar-refractivity contribution >= 4 is 23.3 Å². The average Bonchev–Trinajstić information content (AvgIpc) is 2.62. The van der Waals surface area contributed by atoms with Crippen molar-refractivity contribution in [2.75, 3.05) is 11.1 Å². The summed E-state index contributed by atoms with van der Waals surface area (Å²) in [5, 5.41) is 2.67. The second kappa shape index (κ2) is 8.89. The van der Waals surface area contributed by atoms with Gasteiger partial charge >= 0.3 is 5.97 Å². The topological polar surface area (TPSA) is 107 Å². The van der Waals surface area contributed by atoms with Crippen molar-refractivity contribution in [3.05, 3.63) is 90.7 Å². The molecule has 0 aliphatic heterocycles. The van der Waals surface area contributed by atoms with Crippen molar-refractivity contribution < 1.29 is 14.3 Å². The van der Waals surface area contributed by atoms with Crippen LogP contribution < -0.4 is 21.5 Å². The van der Waals surface area contributed by atoms with Crippen LogP contribution in [0.3, 0.4) is 0 Å². The molecule has 132 valence electrons. The minimum absolute atomic E-state index is 0.310. The molecular formula is C20H19N3O3. The molecular weight excluding hydrogens is 330 g/mol. The lowest BCUT2D eigenvalue weighted by Gasteiger charge is -2.07. The number of benzene rings is 2. The molecule has 0 spiro atoms. The number of nitrogen functional groups attached to an aromatic ring is 1. The van der Waals surface area contributed by atoms with Gasteiger partial charge in [0.15, 0.2) is 0 Å². The first-order valence-electron chi connectivity index (χ1n) is 7.73. The van der Waals surface area contributed by atoms with Gasteiger partial charge in [0, 0.05) is 29.2 Å². The average molecular weight is 349 g/mol. The number of hydrogen-bond acceptors (Lipinski definition) is 5. The molecule has 0 aliphatic carbocycles. The predicted molar refractivity (Wildman–Crippen MR) is 102 cm³/mol. The van der Waals surface area contributed by atoms with E-state index in [4.69, 9.17) is 16.2 Å². The van der Waals surface area contributed by atoms with Crippen molar-refractivity contribution in [2.24, 2.45) is 5.73 Å². The van der Waals surface area contributed by atoms with E-state index in [1.54, 1.807) is 54.6 Å². The number of carbonyl (C=O) groups is 2. The van der Waals surface area contributed by atoms with Crippen LogP contribution >= 0.6 is 0 Å². The van der Waals surface area contributed by atoms with Gasteiger partial charge in [-0.1, -0.05) is 18.7 Å². The van der Waals surface area contributed by atoms with Crippen LogP contribution in [0.2, 0.25) is 0 Å². The molecule has 0 unspecified atom stereocenters. The molecule has 6 nitrogen and oxygen atoms in total. The fourth-order valence-corrected chi connectivity index (χ4v) is 1.92. The van der Waals surface area contributed by atoms with E-state index in [0.717, 1.165) is 0 Å². The van der Waals surface area contributed by atoms with E-state index in [1.807, 2.05) is 0 Å². The Morgan fingerprint density at radius 2 is 1.85 bits per heavy atom. The fourth-order valence-electron chi connectivity index (χ4n) is 1.92. The Morgan fingerprint density at radius 3 is 2.54 bits per heavy atom. The lowest BCUT2D eigenvalue weighted by atomic mass is 10.2. The summed E-state index contributed by atoms with van der Waals surface area (Å²) in [6.45, 7) is 3.51. The second-order valence-corrected chi connectivity index (χ2v) is 5.26. The lowest BCUT2D eigenvalue weighted by Crippen LogP contribution is -2.10. The van der Waals surface area contributed by atoms with Crippen LogP contribution in [0.1, 0.15) is 10.4 Å². The standard InChI is InChI=1S/C20H19N3O3/c1-2-15(21)5-3-8-19(24)23-17-6-4-7-18(13-17)26-20(25)14-9-11-16(22)12-10-14/h2-13H,1,21-22H2,(H,23,24)/b8-3+,15-5+. The Hall–Kier alpha value is -3.80. The van der Waals surface area contributed by atoms with Crippen molar-refractivity contribution in [3.63, 3.8) is 0 Å². The van der Waals surface area contributed by atoms with Crippen LogP contribution in [0.25, 0.3) is 0 Å². The number of nitrogens with two attached hydrogens (primary N) is 2. The highest BCUT2D eigenvalue weighted by Gasteiger charge is 2.09. The highest BCUT2D eigenvalue weighted by molar-refractivity contribution is 5.99. The van der Waals surface area contributed by atoms with Gasteiger partial charge in [-0.25, -0.2) is 4.79 Å². The molecule has 26 heavy (non-hydrogen) atoms. The zero-order valence-electron chi connectivity index (χ0n) is 14.0. The lowest BCUT2D eigenvalue weighted by molar-refractivity contribution is -0.111. The van der Waals surface area contributed by atoms with Gasteiger partial charge in [0.05, 0.1) is 5.56 Å². The molecule has 0 saturated heterocycles. The Labute approximate surface area is 151 Å². The molecule has 0 aliphatic rings. The third-order valence-corrected chi connectivity index (χ3v) is 3.23. The number of ether oxygens (including phenoxy) is 1. The van der Waals surface area contributed by atoms with Gasteiger partial charge in [0.25, 0.3) is 0 Å². The molecule has 2 aromatic rings. The Kier molecular flexibility index (Phi) is 6.34. The molecule has 0 bridgehead atoms. The van der Waals surface area contributed by atoms with E-state index in [1.165, 1.54) is 18.2 Å². The minimum atomic E-state index is -0.515. The van der Waals surface area contributed by atoms with E-state index in [0.29, 0.717) is 28.4 Å². The van der Waals surface area contributed by atoms with Gasteiger partial charge in [-0.3, -0.25) is 4.79 Å². The maximum absolute atomic E-state index is 12.1. The van der Waals surface area contributed by atoms with Crippen molar-refractivity contribution in [1.29, 1.82) is 0 Å². The van der Waals surface area contributed by atoms with Crippen LogP contribution in [-0.2, 0) is 4.79 Å². The summed E-state index contributed by atoms with van der Waals surface area (Å²) >= 11 is 0. The van der Waals surface area contributed by atoms with E-state index in [-0.39, 0.29) is 5.91 Å². The van der Waals surface area contributed by atoms with E-state index in [2.05, 4.69) is 11.9 Å². The van der Waals surface area contributed by atoms with Gasteiger partial charge in [0.2, 0.25) is 5.91 Å². The fraction of sp³-hybridized carbons (Fsp3) is 0. The number of allylic oxidation sites excluding steroid dienone is 3. The first-order valence-corrected chi connectivity index (χ1v) is 7.73. The summed E-state index contributed by atoms with van der Waals surface area (Å²) in [6.07, 6.45) is 5.86. The first-order chi connectivity index (χ1) is 12.5. The van der Waals surface area contributed by atoms with E-state index in [9.17, 15) is 9.59 Å². The van der Waals surface area contributed by atoms with Gasteiger partial charge in [-0.15, -0.1) is 0 Å². The van der Waals surface area contributed by atoms with Crippen molar-refractivity contribution in [3.8, 4) is 5.75 Å². The zero-order chi connectivity index (χ0) is 18.9. The summed E-state index contributed by atoms with van der Waals surface area (Å²) in [7, 11) is 0. The normalized spacial score (nSPS) is 11.2. The van der Waals surface area contributed by atoms with Crippen molar-refractivity contribution in [1.82, 2.24) is 0 Å². The number of anilines is 2. The summed E-state index contributed by atoms with van der Waals surface area (Å²) in [6, 6.07) is 12.9. The van der Waals surface area contributed by atoms with Crippen LogP contribution in [0, 0.1) is 0 Å². The number of hydrogen-bond donors (Lipinski definition) is 3. The van der Waals surface area contributed by atoms with E-state index >= 15 is 0 Å². The second-order valence-electron chi connectivity index (χ2n) is 5.26. The molecule has 6 heteroatoms. The third-order valence-electron chi connectivity index (χ3n) is 3.23. The molecule has 0 fully saturated rings. The van der Waals surface area contributed by atoms with Crippen molar-refractivity contribution in [2.45, 2.75) is 0 Å². The van der Waals surface area contributed by atoms with Gasteiger partial charge in [0.1, 0.15) is 5.75 Å². The predicted octanol–water partition coefficient (Wildman–Crippen LogP) is 3.01. The molecule has 1 amide bonds. The SMILES string of the molecule is C=C/C(N)=C\C=C\C(=O)Nc1cccc(OC(=O)c2ccc(N)cc2)c1. The smallest absolute Gasteiger partial charge is 0.343 e. The molecule has 0 atom stereocenters. The highest BCUT2D eigenvalue weighted by Crippen LogP contribution is 2.19. The van der Waals surface area contributed by atoms with Crippen LogP contribution in [0.4, 0.5) is 11.4 Å². The number of rotatable bonds is 6. The summed E-state index contributed by atoms with van der Waals surface area (Å²) in [5.41, 5.74) is 13.0. The monoisotopic (exact) mass is 349 g/mol. The molecule has 2 aromatic carbocycles. The minimum Gasteiger partial charge on any atom is -0.423 e. The summed E-state index contributed by atoms with van der Waals surface area (Å²) in [5.74, 6) is -0.553. The number of amides is 1. The summed E-state index contributed by atoms with van der Waals surface area (Å²) in [4.78, 5) is 24.0. The summed E-state index contributed by atoms with van der Waals surface area (Å²) < 4.78 is 5.30. The van der Waals surface area contributed by atoms with Crippen LogP contribution in [0.15, 0.2) is 85.1 Å².